The molecule has 57 heavy (non-hydrogen) atoms. The molecule has 2 heterocycles. The lowest BCUT2D eigenvalue weighted by Gasteiger charge is -2.28. The molecule has 11 rings (SSSR count). The van der Waals surface area contributed by atoms with Gasteiger partial charge in [0.15, 0.2) is 0 Å². The highest BCUT2D eigenvalue weighted by molar-refractivity contribution is 7.27. The van der Waals surface area contributed by atoms with Crippen LogP contribution in [0.3, 0.4) is 0 Å². The minimum atomic E-state index is 1.12. The van der Waals surface area contributed by atoms with Crippen LogP contribution in [0.5, 0.6) is 0 Å². The van der Waals surface area contributed by atoms with E-state index in [0.29, 0.717) is 0 Å². The molecule has 0 aliphatic heterocycles. The molecule has 0 N–H and O–H groups in total. The molecule has 0 fully saturated rings. The van der Waals surface area contributed by atoms with Crippen molar-refractivity contribution in [3.63, 3.8) is 0 Å². The van der Waals surface area contributed by atoms with Crippen molar-refractivity contribution in [1.82, 2.24) is 0 Å². The summed E-state index contributed by atoms with van der Waals surface area (Å²) in [4.78, 5) is 2.51. The summed E-state index contributed by atoms with van der Waals surface area (Å²) in [6.07, 6.45) is 0. The lowest BCUT2D eigenvalue weighted by atomic mass is 9.98. The molecule has 3 heteroatoms. The third kappa shape index (κ3) is 5.91. The topological polar surface area (TPSA) is 3.24 Å². The number of benzene rings is 9. The Balaban J connectivity index is 1.18. The van der Waals surface area contributed by atoms with Gasteiger partial charge in [-0.1, -0.05) is 176 Å². The SMILES string of the molecule is c1ccc(-c2ccc(N(c3cccc4c3sc3cc(-c5ccccc5)ccc34)c3ccc(-c4ccccc4)c4sc5cc(-c6ccccc6)ccc5c34)cc2)cc1. The largest absolute Gasteiger partial charge is 0.308 e. The maximum atomic E-state index is 2.51. The summed E-state index contributed by atoms with van der Waals surface area (Å²) >= 11 is 3.78. The maximum Gasteiger partial charge on any atom is 0.0640 e. The molecule has 0 aliphatic rings. The van der Waals surface area contributed by atoms with E-state index in [9.17, 15) is 0 Å². The molecule has 11 aromatic rings. The number of anilines is 3. The number of rotatable bonds is 7. The lowest BCUT2D eigenvalue weighted by Crippen LogP contribution is -2.10. The van der Waals surface area contributed by atoms with Gasteiger partial charge in [-0.25, -0.2) is 0 Å². The van der Waals surface area contributed by atoms with Crippen molar-refractivity contribution < 1.29 is 0 Å². The van der Waals surface area contributed by atoms with Crippen molar-refractivity contribution in [3.8, 4) is 44.5 Å². The summed E-state index contributed by atoms with van der Waals surface area (Å²) in [6, 6.07) is 77.5. The zero-order valence-electron chi connectivity index (χ0n) is 31.0. The predicted octanol–water partition coefficient (Wildman–Crippen LogP) is 16.6. The minimum absolute atomic E-state index is 1.12. The summed E-state index contributed by atoms with van der Waals surface area (Å²) in [5.74, 6) is 0. The second kappa shape index (κ2) is 14.1. The molecule has 0 saturated carbocycles. The first-order valence-corrected chi connectivity index (χ1v) is 21.0. The highest BCUT2D eigenvalue weighted by atomic mass is 32.1. The van der Waals surface area contributed by atoms with Crippen LogP contribution in [0.2, 0.25) is 0 Å². The molecule has 2 aromatic heterocycles. The van der Waals surface area contributed by atoms with Crippen molar-refractivity contribution >= 4 is 80.1 Å². The fraction of sp³-hybridized carbons (Fsp3) is 0. The van der Waals surface area contributed by atoms with E-state index in [2.05, 4.69) is 217 Å². The average Bonchev–Trinajstić information content (AvgIpc) is 3.87. The molecule has 1 nitrogen and oxygen atoms in total. The summed E-state index contributed by atoms with van der Waals surface area (Å²) in [5.41, 5.74) is 13.3. The third-order valence-electron chi connectivity index (χ3n) is 11.1. The lowest BCUT2D eigenvalue weighted by molar-refractivity contribution is 1.32. The molecular formula is C54H35NS2. The fourth-order valence-electron chi connectivity index (χ4n) is 8.31. The predicted molar refractivity (Wildman–Crippen MR) is 249 cm³/mol. The summed E-state index contributed by atoms with van der Waals surface area (Å²) in [7, 11) is 0. The van der Waals surface area contributed by atoms with Crippen LogP contribution in [-0.2, 0) is 0 Å². The van der Waals surface area contributed by atoms with E-state index in [-0.39, 0.29) is 0 Å². The van der Waals surface area contributed by atoms with Gasteiger partial charge in [-0.05, 0) is 80.9 Å². The van der Waals surface area contributed by atoms with Crippen LogP contribution in [0.4, 0.5) is 17.1 Å². The molecule has 9 aromatic carbocycles. The Morgan fingerprint density at radius 1 is 0.298 bits per heavy atom. The van der Waals surface area contributed by atoms with Crippen LogP contribution in [0, 0.1) is 0 Å². The zero-order chi connectivity index (χ0) is 37.7. The van der Waals surface area contributed by atoms with E-state index >= 15 is 0 Å². The van der Waals surface area contributed by atoms with Crippen LogP contribution in [-0.4, -0.2) is 0 Å². The Labute approximate surface area is 340 Å². The van der Waals surface area contributed by atoms with Crippen molar-refractivity contribution in [3.05, 3.63) is 212 Å². The molecule has 0 unspecified atom stereocenters. The Hall–Kier alpha value is -6.78. The third-order valence-corrected chi connectivity index (χ3v) is 13.5. The van der Waals surface area contributed by atoms with E-state index in [4.69, 9.17) is 0 Å². The number of fused-ring (bicyclic) bond motifs is 6. The second-order valence-corrected chi connectivity index (χ2v) is 16.6. The van der Waals surface area contributed by atoms with Crippen LogP contribution in [0.25, 0.3) is 84.9 Å². The smallest absolute Gasteiger partial charge is 0.0640 e. The van der Waals surface area contributed by atoms with Gasteiger partial charge in [0.25, 0.3) is 0 Å². The molecule has 0 aliphatic carbocycles. The zero-order valence-corrected chi connectivity index (χ0v) is 32.6. The molecule has 268 valence electrons. The fourth-order valence-corrected chi connectivity index (χ4v) is 10.9. The van der Waals surface area contributed by atoms with Gasteiger partial charge in [0, 0.05) is 41.3 Å². The number of hydrogen-bond donors (Lipinski definition) is 0. The Morgan fingerprint density at radius 3 is 1.40 bits per heavy atom. The van der Waals surface area contributed by atoms with E-state index < -0.39 is 0 Å². The van der Waals surface area contributed by atoms with Gasteiger partial charge in [-0.15, -0.1) is 22.7 Å². The molecule has 0 bridgehead atoms. The van der Waals surface area contributed by atoms with Crippen LogP contribution in [0.15, 0.2) is 212 Å². The second-order valence-electron chi connectivity index (χ2n) is 14.5. The van der Waals surface area contributed by atoms with Gasteiger partial charge < -0.3 is 4.90 Å². The first-order chi connectivity index (χ1) is 28.3. The quantitative estimate of drug-likeness (QED) is 0.156. The number of thiophene rings is 2. The Morgan fingerprint density at radius 2 is 0.789 bits per heavy atom. The highest BCUT2D eigenvalue weighted by Gasteiger charge is 2.24. The normalized spacial score (nSPS) is 11.5. The van der Waals surface area contributed by atoms with E-state index in [0.717, 1.165) is 5.69 Å². The first kappa shape index (κ1) is 33.5. The highest BCUT2D eigenvalue weighted by Crippen LogP contribution is 2.51. The van der Waals surface area contributed by atoms with Crippen LogP contribution in [0.1, 0.15) is 0 Å². The minimum Gasteiger partial charge on any atom is -0.308 e. The van der Waals surface area contributed by atoms with Crippen molar-refractivity contribution in [2.45, 2.75) is 0 Å². The van der Waals surface area contributed by atoms with Gasteiger partial charge in [0.05, 0.1) is 16.1 Å². The van der Waals surface area contributed by atoms with Gasteiger partial charge in [-0.3, -0.25) is 0 Å². The molecule has 0 saturated heterocycles. The number of nitrogens with zero attached hydrogens (tertiary/aromatic N) is 1. The molecule has 0 spiro atoms. The van der Waals surface area contributed by atoms with Crippen LogP contribution < -0.4 is 4.90 Å². The summed E-state index contributed by atoms with van der Waals surface area (Å²) < 4.78 is 5.14. The molecule has 0 atom stereocenters. The molecule has 0 radical (unpaired) electrons. The maximum absolute atomic E-state index is 2.51. The van der Waals surface area contributed by atoms with Gasteiger partial charge in [0.1, 0.15) is 0 Å². The average molecular weight is 762 g/mol. The summed E-state index contributed by atoms with van der Waals surface area (Å²) in [6.45, 7) is 0. The Bertz CT molecular complexity index is 3200. The number of hydrogen-bond acceptors (Lipinski definition) is 3. The van der Waals surface area contributed by atoms with Gasteiger partial charge in [-0.2, -0.15) is 0 Å². The Kier molecular flexibility index (Phi) is 8.28. The van der Waals surface area contributed by atoms with Crippen molar-refractivity contribution in [1.29, 1.82) is 0 Å². The van der Waals surface area contributed by atoms with Gasteiger partial charge in [0.2, 0.25) is 0 Å². The monoisotopic (exact) mass is 761 g/mol. The van der Waals surface area contributed by atoms with E-state index in [1.54, 1.807) is 0 Å². The summed E-state index contributed by atoms with van der Waals surface area (Å²) in [5, 5.41) is 5.10. The van der Waals surface area contributed by atoms with Crippen LogP contribution >= 0.6 is 22.7 Å². The molecule has 0 amide bonds. The standard InChI is InChI=1S/C54H35NS2/c1-5-14-36(15-6-1)39-24-28-43(29-25-39)55(49-23-13-22-46-45-30-26-41(34-50(45)56-53(46)49)37-16-7-2-8-17-37)48-33-32-44(40-20-11-4-12-21-40)54-52(48)47-31-27-42(35-51(47)57-54)38-18-9-3-10-19-38/h1-35H. The molecular weight excluding hydrogens is 727 g/mol. The van der Waals surface area contributed by atoms with E-state index in [1.165, 1.54) is 96.2 Å². The van der Waals surface area contributed by atoms with Crippen molar-refractivity contribution in [2.24, 2.45) is 0 Å². The van der Waals surface area contributed by atoms with Gasteiger partial charge >= 0.3 is 0 Å². The van der Waals surface area contributed by atoms with Crippen molar-refractivity contribution in [2.75, 3.05) is 4.90 Å². The first-order valence-electron chi connectivity index (χ1n) is 19.3. The van der Waals surface area contributed by atoms with E-state index in [1.807, 2.05) is 22.7 Å².